The summed E-state index contributed by atoms with van der Waals surface area (Å²) >= 11 is 5.52. The molecule has 2 fully saturated rings. The Morgan fingerprint density at radius 2 is 1.97 bits per heavy atom. The molecule has 174 valence electrons. The Bertz CT molecular complexity index is 1060. The van der Waals surface area contributed by atoms with Crippen molar-refractivity contribution in [2.75, 3.05) is 5.32 Å². The number of fused-ring (bicyclic) bond motifs is 2. The average molecular weight is 485 g/mol. The van der Waals surface area contributed by atoms with Crippen LogP contribution in [0.2, 0.25) is 5.02 Å². The second-order valence-corrected chi connectivity index (χ2v) is 8.04. The van der Waals surface area contributed by atoms with Gasteiger partial charge in [0.05, 0.1) is 34.8 Å². The van der Waals surface area contributed by atoms with Gasteiger partial charge in [0.2, 0.25) is 5.91 Å². The van der Waals surface area contributed by atoms with Gasteiger partial charge in [-0.1, -0.05) is 11.6 Å². The molecule has 32 heavy (non-hydrogen) atoms. The molecular formula is C18H15ClF6N4O3. The Morgan fingerprint density at radius 1 is 1.28 bits per heavy atom. The van der Waals surface area contributed by atoms with E-state index in [1.54, 1.807) is 0 Å². The number of carbonyl (C=O) groups excluding carboxylic acids is 1. The fourth-order valence-corrected chi connectivity index (χ4v) is 4.53. The van der Waals surface area contributed by atoms with Crippen molar-refractivity contribution in [1.29, 1.82) is 0 Å². The highest BCUT2D eigenvalue weighted by atomic mass is 35.5. The zero-order chi connectivity index (χ0) is 23.6. The highest BCUT2D eigenvalue weighted by molar-refractivity contribution is 6.31. The molecule has 1 amide bonds. The van der Waals surface area contributed by atoms with Gasteiger partial charge >= 0.3 is 12.4 Å². The molecule has 0 aromatic carbocycles. The first kappa shape index (κ1) is 22.8. The lowest BCUT2D eigenvalue weighted by Crippen LogP contribution is -2.41. The third kappa shape index (κ3) is 3.92. The van der Waals surface area contributed by atoms with Crippen LogP contribution in [0.1, 0.15) is 29.2 Å². The third-order valence-electron chi connectivity index (χ3n) is 5.53. The van der Waals surface area contributed by atoms with Gasteiger partial charge in [0.15, 0.2) is 5.69 Å². The molecule has 7 nitrogen and oxygen atoms in total. The smallest absolute Gasteiger partial charge is 0.390 e. The van der Waals surface area contributed by atoms with Gasteiger partial charge in [0.25, 0.3) is 0 Å². The lowest BCUT2D eigenvalue weighted by molar-refractivity contribution is -0.143. The Hall–Kier alpha value is -2.38. The predicted octanol–water partition coefficient (Wildman–Crippen LogP) is 3.38. The zero-order valence-electron chi connectivity index (χ0n) is 16.1. The number of nitrogens with zero attached hydrogens (tertiary/aromatic N) is 3. The van der Waals surface area contributed by atoms with Gasteiger partial charge in [-0.25, -0.2) is 4.98 Å². The summed E-state index contributed by atoms with van der Waals surface area (Å²) < 4.78 is 86.3. The van der Waals surface area contributed by atoms with Crippen molar-refractivity contribution >= 4 is 23.3 Å². The number of ether oxygens (including phenoxy) is 1. The number of aliphatic hydroxyl groups is 1. The number of aromatic nitrogens is 3. The summed E-state index contributed by atoms with van der Waals surface area (Å²) in [6, 6.07) is 0.531. The molecule has 2 N–H and O–H groups in total. The van der Waals surface area contributed by atoms with Crippen molar-refractivity contribution in [3.8, 4) is 0 Å². The lowest BCUT2D eigenvalue weighted by Gasteiger charge is -2.30. The molecule has 0 radical (unpaired) electrons. The molecule has 2 aliphatic heterocycles. The standard InChI is InChI=1S/C18H15ClF6N4O3/c1-29-5-6(15(28-29)18(23,24)25)12-13(10-3-9(30)14(12)32-10)16(31)27-11-2-7(17(20,21)22)8(19)4-26-11/h2,4-5,9-10,12-14,30H,3H2,1H3,(H,26,27,31)/t9-,10+,12+,13-,14-/m1/s1. The summed E-state index contributed by atoms with van der Waals surface area (Å²) in [5, 5.41) is 15.1. The van der Waals surface area contributed by atoms with E-state index in [0.717, 1.165) is 10.9 Å². The number of anilines is 1. The molecule has 2 aliphatic rings. The third-order valence-corrected chi connectivity index (χ3v) is 5.83. The van der Waals surface area contributed by atoms with Crippen LogP contribution >= 0.6 is 11.6 Å². The van der Waals surface area contributed by atoms with E-state index in [1.807, 2.05) is 0 Å². The summed E-state index contributed by atoms with van der Waals surface area (Å²) in [6.45, 7) is 0. The van der Waals surface area contributed by atoms with Crippen molar-refractivity contribution in [3.63, 3.8) is 0 Å². The molecule has 4 rings (SSSR count). The van der Waals surface area contributed by atoms with Crippen LogP contribution in [0.25, 0.3) is 0 Å². The number of alkyl halides is 6. The highest BCUT2D eigenvalue weighted by Gasteiger charge is 2.59. The van der Waals surface area contributed by atoms with Crippen LogP contribution in [0, 0.1) is 5.92 Å². The monoisotopic (exact) mass is 484 g/mol. The van der Waals surface area contributed by atoms with Gasteiger partial charge in [0.1, 0.15) is 5.82 Å². The molecule has 2 aromatic rings. The van der Waals surface area contributed by atoms with Gasteiger partial charge in [-0.3, -0.25) is 9.48 Å². The molecule has 14 heteroatoms. The summed E-state index contributed by atoms with van der Waals surface area (Å²) in [5.41, 5.74) is -2.80. The summed E-state index contributed by atoms with van der Waals surface area (Å²) in [4.78, 5) is 16.6. The van der Waals surface area contributed by atoms with E-state index in [-0.39, 0.29) is 12.0 Å². The number of hydrogen-bond donors (Lipinski definition) is 2. The molecule has 0 unspecified atom stereocenters. The number of pyridine rings is 1. The van der Waals surface area contributed by atoms with Gasteiger partial charge in [-0.15, -0.1) is 0 Å². The number of aryl methyl sites for hydroxylation is 1. The molecular weight excluding hydrogens is 470 g/mol. The first-order valence-electron chi connectivity index (χ1n) is 9.25. The van der Waals surface area contributed by atoms with Gasteiger partial charge in [-0.2, -0.15) is 31.4 Å². The maximum Gasteiger partial charge on any atom is 0.435 e. The Labute approximate surface area is 181 Å². The van der Waals surface area contributed by atoms with Gasteiger partial charge < -0.3 is 15.2 Å². The van der Waals surface area contributed by atoms with Crippen LogP contribution in [-0.4, -0.2) is 44.1 Å². The average Bonchev–Trinajstić information content (AvgIpc) is 3.33. The SMILES string of the molecule is Cn1cc([C@@H]2[C@@H]3O[C@@H](C[C@H]3O)[C@H]2C(=O)Nc2cc(C(F)(F)F)c(Cl)cn2)c(C(F)(F)F)n1. The number of halogens is 7. The minimum atomic E-state index is -4.83. The number of hydrogen-bond acceptors (Lipinski definition) is 5. The Kier molecular flexibility index (Phi) is 5.41. The van der Waals surface area contributed by atoms with Crippen molar-refractivity contribution in [1.82, 2.24) is 14.8 Å². The van der Waals surface area contributed by atoms with Crippen molar-refractivity contribution in [2.24, 2.45) is 13.0 Å². The number of rotatable bonds is 3. The van der Waals surface area contributed by atoms with Crippen LogP contribution in [-0.2, 0) is 28.9 Å². The van der Waals surface area contributed by atoms with E-state index in [0.29, 0.717) is 12.3 Å². The van der Waals surface area contributed by atoms with E-state index >= 15 is 0 Å². The minimum absolute atomic E-state index is 0.0112. The molecule has 2 aromatic heterocycles. The lowest BCUT2D eigenvalue weighted by atomic mass is 9.74. The van der Waals surface area contributed by atoms with E-state index in [4.69, 9.17) is 16.3 Å². The molecule has 5 atom stereocenters. The fourth-order valence-electron chi connectivity index (χ4n) is 4.32. The number of aliphatic hydroxyl groups excluding tert-OH is 1. The topological polar surface area (TPSA) is 89.3 Å². The molecule has 0 saturated carbocycles. The van der Waals surface area contributed by atoms with Crippen LogP contribution < -0.4 is 5.32 Å². The predicted molar refractivity (Wildman–Crippen MR) is 96.6 cm³/mol. The van der Waals surface area contributed by atoms with Crippen molar-refractivity contribution < 1.29 is 41.0 Å². The summed E-state index contributed by atoms with van der Waals surface area (Å²) in [6.07, 6.45) is -11.0. The molecule has 0 aliphatic carbocycles. The van der Waals surface area contributed by atoms with E-state index in [9.17, 15) is 36.2 Å². The number of amides is 1. The quantitative estimate of drug-likeness (QED) is 0.652. The van der Waals surface area contributed by atoms with E-state index in [2.05, 4.69) is 15.4 Å². The summed E-state index contributed by atoms with van der Waals surface area (Å²) in [7, 11) is 1.27. The van der Waals surface area contributed by atoms with Crippen LogP contribution in [0.15, 0.2) is 18.5 Å². The van der Waals surface area contributed by atoms with Crippen molar-refractivity contribution in [2.45, 2.75) is 43.0 Å². The maximum atomic E-state index is 13.5. The van der Waals surface area contributed by atoms with E-state index < -0.39 is 70.5 Å². The van der Waals surface area contributed by atoms with Crippen LogP contribution in [0.5, 0.6) is 0 Å². The van der Waals surface area contributed by atoms with Crippen molar-refractivity contribution in [3.05, 3.63) is 40.3 Å². The fraction of sp³-hybridized carbons (Fsp3) is 0.500. The molecule has 4 heterocycles. The normalized spacial score (nSPS) is 27.7. The first-order chi connectivity index (χ1) is 14.8. The second kappa shape index (κ2) is 7.59. The first-order valence-corrected chi connectivity index (χ1v) is 9.63. The Morgan fingerprint density at radius 3 is 2.59 bits per heavy atom. The second-order valence-electron chi connectivity index (χ2n) is 7.63. The molecule has 0 spiro atoms. The van der Waals surface area contributed by atoms with Crippen LogP contribution in [0.3, 0.4) is 0 Å². The number of nitrogens with one attached hydrogen (secondary N) is 1. The summed E-state index contributed by atoms with van der Waals surface area (Å²) in [5.74, 6) is -3.81. The number of carbonyl (C=O) groups is 1. The van der Waals surface area contributed by atoms with Gasteiger partial charge in [0, 0.05) is 37.3 Å². The Balaban J connectivity index is 1.68. The zero-order valence-corrected chi connectivity index (χ0v) is 16.8. The maximum absolute atomic E-state index is 13.5. The molecule has 2 saturated heterocycles. The van der Waals surface area contributed by atoms with E-state index in [1.165, 1.54) is 7.05 Å². The largest absolute Gasteiger partial charge is 0.435 e. The van der Waals surface area contributed by atoms with Crippen LogP contribution in [0.4, 0.5) is 32.2 Å². The minimum Gasteiger partial charge on any atom is -0.390 e. The highest BCUT2D eigenvalue weighted by Crippen LogP contribution is 2.51. The molecule has 2 bridgehead atoms. The van der Waals surface area contributed by atoms with Gasteiger partial charge in [-0.05, 0) is 6.07 Å².